The van der Waals surface area contributed by atoms with Crippen molar-refractivity contribution < 1.29 is 82.5 Å². The van der Waals surface area contributed by atoms with Crippen molar-refractivity contribution in [1.29, 1.82) is 0 Å². The first-order valence-corrected chi connectivity index (χ1v) is 37.5. The number of nitrogens with zero attached hydrogens (tertiary/aromatic N) is 12. The van der Waals surface area contributed by atoms with Crippen LogP contribution in [0.3, 0.4) is 0 Å². The second-order valence-electron chi connectivity index (χ2n) is 26.0. The van der Waals surface area contributed by atoms with E-state index in [-0.39, 0.29) is 111 Å². The lowest BCUT2D eigenvalue weighted by Gasteiger charge is -2.48. The fourth-order valence-electron chi connectivity index (χ4n) is 13.5. The van der Waals surface area contributed by atoms with Gasteiger partial charge in [-0.05, 0) is 59.5 Å². The molecule has 105 heavy (non-hydrogen) atoms. The quantitative estimate of drug-likeness (QED) is 0.0517. The van der Waals surface area contributed by atoms with Crippen molar-refractivity contribution in [2.75, 3.05) is 60.5 Å². The summed E-state index contributed by atoms with van der Waals surface area (Å²) in [6, 6.07) is 0.862. The summed E-state index contributed by atoms with van der Waals surface area (Å²) < 4.78 is 40.4. The Bertz CT molecular complexity index is 4880. The molecule has 5 aliphatic heterocycles. The number of piperazine rings is 1. The van der Waals surface area contributed by atoms with E-state index in [0.717, 1.165) is 69.8 Å². The highest BCUT2D eigenvalue weighted by molar-refractivity contribution is 7.14. The van der Waals surface area contributed by atoms with Gasteiger partial charge in [0.15, 0.2) is 18.1 Å². The van der Waals surface area contributed by atoms with E-state index >= 15 is 19.2 Å². The number of amides is 5. The molecule has 2 saturated heterocycles. The normalized spacial score (nSPS) is 24.4. The van der Waals surface area contributed by atoms with Crippen LogP contribution in [0.5, 0.6) is 5.75 Å². The third-order valence-corrected chi connectivity index (χ3v) is 23.1. The van der Waals surface area contributed by atoms with Crippen LogP contribution >= 0.6 is 56.7 Å². The molecule has 2 fully saturated rings. The molecule has 0 aliphatic carbocycles. The number of rotatable bonds is 10. The summed E-state index contributed by atoms with van der Waals surface area (Å²) in [5.74, 6) is -6.48. The molecule has 38 heteroatoms. The zero-order valence-corrected chi connectivity index (χ0v) is 61.3. The Morgan fingerprint density at radius 2 is 1.51 bits per heavy atom. The van der Waals surface area contributed by atoms with Crippen LogP contribution in [0, 0.1) is 0 Å². The zero-order valence-electron chi connectivity index (χ0n) is 57.2. The van der Waals surface area contributed by atoms with Gasteiger partial charge in [0.25, 0.3) is 23.6 Å². The molecule has 14 rings (SSSR count). The Labute approximate surface area is 617 Å². The molecule has 8 aromatic heterocycles. The van der Waals surface area contributed by atoms with Gasteiger partial charge >= 0.3 is 11.9 Å². The third kappa shape index (κ3) is 14.6. The van der Waals surface area contributed by atoms with Crippen molar-refractivity contribution in [2.24, 2.45) is 0 Å². The first kappa shape index (κ1) is 72.4. The van der Waals surface area contributed by atoms with Crippen LogP contribution in [0.2, 0.25) is 0 Å². The molecule has 10 atom stereocenters. The number of fused-ring (bicyclic) bond motifs is 15. The molecule has 9 aromatic rings. The minimum absolute atomic E-state index is 0.00173. The summed E-state index contributed by atoms with van der Waals surface area (Å²) in [5.41, 5.74) is -2.01. The van der Waals surface area contributed by atoms with E-state index in [1.54, 1.807) is 73.2 Å². The predicted molar refractivity (Wildman–Crippen MR) is 379 cm³/mol. The van der Waals surface area contributed by atoms with Crippen molar-refractivity contribution in [3.8, 4) is 38.4 Å². The molecular formula is C67H70N16O17S5. The Morgan fingerprint density at radius 3 is 2.25 bits per heavy atom. The van der Waals surface area contributed by atoms with Gasteiger partial charge in [0.1, 0.15) is 120 Å². The topological polar surface area (TPSA) is 414 Å². The number of aromatic hydroxyl groups is 1. The Kier molecular flexibility index (Phi) is 20.5. The van der Waals surface area contributed by atoms with Crippen molar-refractivity contribution in [3.05, 3.63) is 130 Å². The Morgan fingerprint density at radius 1 is 0.819 bits per heavy atom. The Hall–Kier alpha value is -9.58. The number of likely N-dealkylation sites (N-methyl/N-ethyl adjacent to an activating group) is 1. The largest absolute Gasteiger partial charge is 0.506 e. The number of pyridine rings is 1. The Balaban J connectivity index is 0.896. The number of aromatic nitrogens is 9. The van der Waals surface area contributed by atoms with Gasteiger partial charge in [0.2, 0.25) is 5.91 Å². The third-order valence-electron chi connectivity index (χ3n) is 18.6. The lowest BCUT2D eigenvalue weighted by Crippen LogP contribution is -2.62. The average molecular weight is 1530 g/mol. The van der Waals surface area contributed by atoms with Gasteiger partial charge < -0.3 is 84.6 Å². The summed E-state index contributed by atoms with van der Waals surface area (Å²) in [6.45, 7) is 8.01. The van der Waals surface area contributed by atoms with Crippen LogP contribution in [-0.4, -0.2) is 230 Å². The second kappa shape index (κ2) is 29.8. The maximum Gasteiger partial charge on any atom is 0.358 e. The summed E-state index contributed by atoms with van der Waals surface area (Å²) >= 11 is 4.78. The number of benzene rings is 1. The second-order valence-corrected chi connectivity index (χ2v) is 30.3. The number of hydrogen-bond acceptors (Lipinski definition) is 31. The molecule has 12 bridgehead atoms. The molecule has 13 heterocycles. The zero-order chi connectivity index (χ0) is 73.9. The van der Waals surface area contributed by atoms with Crippen LogP contribution in [-0.2, 0) is 57.8 Å². The summed E-state index contributed by atoms with van der Waals surface area (Å²) in [5, 5.41) is 66.4. The van der Waals surface area contributed by atoms with E-state index in [4.69, 9.17) is 48.4 Å². The molecule has 0 radical (unpaired) electrons. The SMILES string of the molecule is CO/C(C)=C1/NC(=O)C(C(C)O)NC(=O)c2csc(n2)-c2cc(O)c(-c3nc(C(=O)N4CCN(CCn5ccnc5)CC4)cs3)nc2-c2csc(n2)C2COC(=O)c3c4c5c(cccc5n3O)COC(=O)C(OC3CC(C)(O)C(N(C)C)C(C)O3)C(OC4)C(NC(=O)c3csc1n3)c1nc(cs1)C(=O)N2. The number of esters is 2. The number of aliphatic hydroxyl groups is 2. The molecule has 1 aromatic carbocycles. The van der Waals surface area contributed by atoms with E-state index in [9.17, 15) is 34.9 Å². The molecule has 33 nitrogen and oxygen atoms in total. The summed E-state index contributed by atoms with van der Waals surface area (Å²) in [4.78, 5) is 142. The van der Waals surface area contributed by atoms with Gasteiger partial charge in [-0.3, -0.25) is 28.9 Å². The van der Waals surface area contributed by atoms with Crippen LogP contribution in [0.15, 0.2) is 75.6 Å². The number of nitrogens with one attached hydrogen (secondary N) is 4. The highest BCUT2D eigenvalue weighted by atomic mass is 32.1. The number of carbonyl (C=O) groups is 7. The number of methoxy groups -OCH3 is 1. The molecule has 10 unspecified atom stereocenters. The van der Waals surface area contributed by atoms with Crippen molar-refractivity contribution in [3.63, 3.8) is 0 Å². The smallest absolute Gasteiger partial charge is 0.358 e. The molecule has 0 saturated carbocycles. The molecule has 0 spiro atoms. The number of aliphatic hydroxyl groups excluding tert-OH is 1. The number of hydrogen-bond donors (Lipinski definition) is 8. The first-order chi connectivity index (χ1) is 50.4. The molecule has 5 amide bonds. The highest BCUT2D eigenvalue weighted by Crippen LogP contribution is 2.43. The van der Waals surface area contributed by atoms with Gasteiger partial charge in [-0.2, -0.15) is 4.73 Å². The van der Waals surface area contributed by atoms with E-state index in [2.05, 4.69) is 41.1 Å². The van der Waals surface area contributed by atoms with Gasteiger partial charge in [-0.15, -0.1) is 56.7 Å². The van der Waals surface area contributed by atoms with Crippen LogP contribution < -0.4 is 21.3 Å². The van der Waals surface area contributed by atoms with Crippen LogP contribution in [0.4, 0.5) is 0 Å². The maximum absolute atomic E-state index is 15.2. The van der Waals surface area contributed by atoms with E-state index in [1.807, 2.05) is 10.8 Å². The summed E-state index contributed by atoms with van der Waals surface area (Å²) in [7, 11) is 4.88. The van der Waals surface area contributed by atoms with Crippen molar-refractivity contribution in [2.45, 2.75) is 114 Å². The maximum atomic E-state index is 15.2. The van der Waals surface area contributed by atoms with Crippen molar-refractivity contribution >= 4 is 115 Å². The molecule has 5 aliphatic rings. The lowest BCUT2D eigenvalue weighted by molar-refractivity contribution is -0.280. The van der Waals surface area contributed by atoms with Gasteiger partial charge in [-0.25, -0.2) is 44.5 Å². The average Bonchev–Trinajstić information content (AvgIpc) is 1.63. The van der Waals surface area contributed by atoms with Gasteiger partial charge in [0, 0.05) is 101 Å². The van der Waals surface area contributed by atoms with Crippen LogP contribution in [0.25, 0.3) is 49.3 Å². The minimum Gasteiger partial charge on any atom is -0.506 e. The standard InChI is InChI=1S/C67H70N16O17S5/c1-30(84)46-58(89)77-47(31(2)95-7)61-72-40(27-103-61)57(88)78-50-52-53(100-44-20-67(4,93)54(79(5)6)32(3)99-44)66(92)97-21-33-9-8-10-42-45(33)35(22-96-52)51(83(42)94)65(91)98-23-36(69-55(86)38-26-104-63(50)73-38)60-70-37(24-102-60)48-34(59-71-39(25-101-59)56(87)76-46)19-43(85)49(75-48)62-74-41(28-105-62)64(90)82-17-15-80(16-18-82)13-14-81-12-11-68-29-81/h8-12,19,24-30,32,36,44,46,50,52-54,84-85,93-94H,13-18,20-23H2,1-7H3,(H,69,86)(H,76,87)(H,77,89)(H,78,88)/b47-31+. The van der Waals surface area contributed by atoms with E-state index in [0.29, 0.717) is 36.5 Å². The number of allylic oxidation sites excluding steroid dienone is 1. The minimum atomic E-state index is -1.91. The van der Waals surface area contributed by atoms with Gasteiger partial charge in [-0.1, -0.05) is 12.1 Å². The number of thiazole rings is 5. The fourth-order valence-corrected chi connectivity index (χ4v) is 17.7. The van der Waals surface area contributed by atoms with Crippen molar-refractivity contribution in [1.82, 2.24) is 80.2 Å². The van der Waals surface area contributed by atoms with E-state index < -0.39 is 127 Å². The number of cyclic esters (lactones) is 2. The molecule has 550 valence electrons. The van der Waals surface area contributed by atoms with Crippen LogP contribution in [0.1, 0.15) is 125 Å². The predicted octanol–water partition coefficient (Wildman–Crippen LogP) is 4.82. The molecular weight excluding hydrogens is 1460 g/mol. The molecule has 8 N–H and O–H groups in total. The first-order valence-electron chi connectivity index (χ1n) is 33.1. The van der Waals surface area contributed by atoms with E-state index in [1.165, 1.54) is 49.2 Å². The summed E-state index contributed by atoms with van der Waals surface area (Å²) in [6.07, 6.45) is -2.11. The monoisotopic (exact) mass is 1530 g/mol. The number of carbonyl (C=O) groups excluding carboxylic acids is 7. The lowest BCUT2D eigenvalue weighted by atomic mass is 9.85. The number of imidazole rings is 1. The van der Waals surface area contributed by atoms with Gasteiger partial charge in [0.05, 0.1) is 49.4 Å². The highest BCUT2D eigenvalue weighted by Gasteiger charge is 2.50. The fraction of sp³-hybridized carbons (Fsp3) is 0.403. The number of ether oxygens (including phenoxy) is 6.